The number of thiophene rings is 1. The number of halogens is 1. The van der Waals surface area contributed by atoms with Crippen molar-refractivity contribution < 1.29 is 14.1 Å². The van der Waals surface area contributed by atoms with E-state index in [2.05, 4.69) is 10.4 Å². The Labute approximate surface area is 168 Å². The van der Waals surface area contributed by atoms with Crippen LogP contribution in [0, 0.1) is 15.9 Å². The van der Waals surface area contributed by atoms with Gasteiger partial charge in [0.2, 0.25) is 0 Å². The van der Waals surface area contributed by atoms with Crippen molar-refractivity contribution in [2.45, 2.75) is 0 Å². The maximum atomic E-state index is 13.1. The van der Waals surface area contributed by atoms with Gasteiger partial charge in [0, 0.05) is 17.8 Å². The second-order valence-electron chi connectivity index (χ2n) is 6.04. The number of rotatable bonds is 5. The SMILES string of the molecule is O=C(Nc1ccc(F)cc1)c1cc(-c2cccs2)nn1-c1cccc([N+](=O)[O-])c1. The largest absolute Gasteiger partial charge is 0.321 e. The summed E-state index contributed by atoms with van der Waals surface area (Å²) in [6, 6.07) is 16.6. The van der Waals surface area contributed by atoms with Gasteiger partial charge in [0.1, 0.15) is 17.2 Å². The summed E-state index contributed by atoms with van der Waals surface area (Å²) in [7, 11) is 0. The molecule has 1 amide bonds. The third kappa shape index (κ3) is 3.90. The number of carbonyl (C=O) groups excluding carboxylic acids is 1. The zero-order chi connectivity index (χ0) is 20.4. The monoisotopic (exact) mass is 408 g/mol. The highest BCUT2D eigenvalue weighted by molar-refractivity contribution is 7.13. The second-order valence-corrected chi connectivity index (χ2v) is 6.99. The number of nitrogens with zero attached hydrogens (tertiary/aromatic N) is 3. The molecule has 0 spiro atoms. The van der Waals surface area contributed by atoms with Crippen molar-refractivity contribution in [2.75, 3.05) is 5.32 Å². The fourth-order valence-corrected chi connectivity index (χ4v) is 3.43. The van der Waals surface area contributed by atoms with Crippen LogP contribution in [0.1, 0.15) is 10.5 Å². The molecule has 4 aromatic rings. The number of benzene rings is 2. The molecule has 0 unspecified atom stereocenters. The van der Waals surface area contributed by atoms with Gasteiger partial charge in [-0.05, 0) is 47.8 Å². The van der Waals surface area contributed by atoms with Crippen LogP contribution in [0.5, 0.6) is 0 Å². The standard InChI is InChI=1S/C20H13FN4O3S/c21-13-6-8-14(9-7-13)22-20(26)18-12-17(19-5-2-10-29-19)23-24(18)15-3-1-4-16(11-15)25(27)28/h1-12H,(H,22,26). The second kappa shape index (κ2) is 7.64. The van der Waals surface area contributed by atoms with E-state index in [1.54, 1.807) is 12.1 Å². The van der Waals surface area contributed by atoms with E-state index >= 15 is 0 Å². The van der Waals surface area contributed by atoms with E-state index in [1.807, 2.05) is 17.5 Å². The number of carbonyl (C=O) groups is 1. The minimum absolute atomic E-state index is 0.111. The van der Waals surface area contributed by atoms with E-state index in [9.17, 15) is 19.3 Å². The lowest BCUT2D eigenvalue weighted by molar-refractivity contribution is -0.384. The van der Waals surface area contributed by atoms with E-state index in [1.165, 1.54) is 58.5 Å². The van der Waals surface area contributed by atoms with Crippen LogP contribution in [0.15, 0.2) is 72.1 Å². The summed E-state index contributed by atoms with van der Waals surface area (Å²) < 4.78 is 14.5. The Morgan fingerprint density at radius 3 is 2.59 bits per heavy atom. The lowest BCUT2D eigenvalue weighted by atomic mass is 10.2. The van der Waals surface area contributed by atoms with Crippen molar-refractivity contribution in [3.63, 3.8) is 0 Å². The number of hydrogen-bond acceptors (Lipinski definition) is 5. The summed E-state index contributed by atoms with van der Waals surface area (Å²) in [4.78, 5) is 24.4. The molecule has 2 aromatic carbocycles. The average molecular weight is 408 g/mol. The molecule has 0 saturated heterocycles. The lowest BCUT2D eigenvalue weighted by Crippen LogP contribution is -2.17. The third-order valence-corrected chi connectivity index (χ3v) is 5.00. The Bertz CT molecular complexity index is 1190. The van der Waals surface area contributed by atoms with Crippen molar-refractivity contribution in [3.8, 4) is 16.3 Å². The van der Waals surface area contributed by atoms with E-state index in [0.717, 1.165) is 4.88 Å². The van der Waals surface area contributed by atoms with E-state index in [4.69, 9.17) is 0 Å². The molecule has 0 atom stereocenters. The number of aromatic nitrogens is 2. The number of hydrogen-bond donors (Lipinski definition) is 1. The van der Waals surface area contributed by atoms with Gasteiger partial charge in [-0.3, -0.25) is 14.9 Å². The molecule has 0 fully saturated rings. The van der Waals surface area contributed by atoms with Gasteiger partial charge in [-0.15, -0.1) is 11.3 Å². The van der Waals surface area contributed by atoms with Gasteiger partial charge in [-0.1, -0.05) is 12.1 Å². The minimum Gasteiger partial charge on any atom is -0.321 e. The van der Waals surface area contributed by atoms with Gasteiger partial charge in [0.15, 0.2) is 0 Å². The van der Waals surface area contributed by atoms with Crippen molar-refractivity contribution in [3.05, 3.63) is 93.7 Å². The van der Waals surface area contributed by atoms with Crippen LogP contribution in [0.25, 0.3) is 16.3 Å². The highest BCUT2D eigenvalue weighted by atomic mass is 32.1. The molecule has 0 bridgehead atoms. The Morgan fingerprint density at radius 2 is 1.90 bits per heavy atom. The van der Waals surface area contributed by atoms with Gasteiger partial charge in [-0.2, -0.15) is 5.10 Å². The summed E-state index contributed by atoms with van der Waals surface area (Å²) in [6.45, 7) is 0. The molecule has 9 heteroatoms. The van der Waals surface area contributed by atoms with Crippen LogP contribution < -0.4 is 5.32 Å². The van der Waals surface area contributed by atoms with E-state index in [0.29, 0.717) is 17.1 Å². The summed E-state index contributed by atoms with van der Waals surface area (Å²) >= 11 is 1.46. The molecular formula is C20H13FN4O3S. The predicted octanol–water partition coefficient (Wildman–Crippen LogP) is 4.90. The van der Waals surface area contributed by atoms with E-state index < -0.39 is 16.6 Å². The Kier molecular flexibility index (Phi) is 4.88. The quantitative estimate of drug-likeness (QED) is 0.376. The van der Waals surface area contributed by atoms with Gasteiger partial charge >= 0.3 is 0 Å². The molecule has 2 aromatic heterocycles. The molecule has 0 aliphatic rings. The van der Waals surface area contributed by atoms with Gasteiger partial charge in [0.05, 0.1) is 15.5 Å². The first-order valence-corrected chi connectivity index (χ1v) is 9.35. The fraction of sp³-hybridized carbons (Fsp3) is 0. The molecule has 0 saturated carbocycles. The molecule has 0 aliphatic carbocycles. The molecule has 144 valence electrons. The van der Waals surface area contributed by atoms with Crippen molar-refractivity contribution in [2.24, 2.45) is 0 Å². The number of anilines is 1. The Morgan fingerprint density at radius 1 is 1.10 bits per heavy atom. The molecule has 29 heavy (non-hydrogen) atoms. The lowest BCUT2D eigenvalue weighted by Gasteiger charge is -2.08. The van der Waals surface area contributed by atoms with Crippen LogP contribution in [0.2, 0.25) is 0 Å². The first-order valence-electron chi connectivity index (χ1n) is 8.47. The third-order valence-electron chi connectivity index (χ3n) is 4.10. The zero-order valence-corrected chi connectivity index (χ0v) is 15.6. The van der Waals surface area contributed by atoms with Crippen molar-refractivity contribution >= 4 is 28.6 Å². The first kappa shape index (κ1) is 18.5. The fourth-order valence-electron chi connectivity index (χ4n) is 2.75. The number of nitro groups is 1. The molecule has 1 N–H and O–H groups in total. The maximum Gasteiger partial charge on any atom is 0.274 e. The molecule has 4 rings (SSSR count). The van der Waals surface area contributed by atoms with Crippen molar-refractivity contribution in [1.29, 1.82) is 0 Å². The number of amides is 1. The normalized spacial score (nSPS) is 10.7. The highest BCUT2D eigenvalue weighted by Gasteiger charge is 2.19. The average Bonchev–Trinajstić information content (AvgIpc) is 3.39. The van der Waals surface area contributed by atoms with Gasteiger partial charge in [0.25, 0.3) is 11.6 Å². The first-order chi connectivity index (χ1) is 14.0. The van der Waals surface area contributed by atoms with Gasteiger partial charge in [-0.25, -0.2) is 9.07 Å². The summed E-state index contributed by atoms with van der Waals surface area (Å²) in [5.41, 5.74) is 1.45. The zero-order valence-electron chi connectivity index (χ0n) is 14.8. The molecule has 0 radical (unpaired) electrons. The van der Waals surface area contributed by atoms with Crippen LogP contribution in [-0.4, -0.2) is 20.6 Å². The highest BCUT2D eigenvalue weighted by Crippen LogP contribution is 2.27. The van der Waals surface area contributed by atoms with Gasteiger partial charge < -0.3 is 5.32 Å². The van der Waals surface area contributed by atoms with Crippen LogP contribution in [0.4, 0.5) is 15.8 Å². The van der Waals surface area contributed by atoms with Crippen LogP contribution in [-0.2, 0) is 0 Å². The Hall–Kier alpha value is -3.85. The summed E-state index contributed by atoms with van der Waals surface area (Å²) in [5, 5.41) is 20.2. The summed E-state index contributed by atoms with van der Waals surface area (Å²) in [6.07, 6.45) is 0. The molecular weight excluding hydrogens is 395 g/mol. The number of nitrogens with one attached hydrogen (secondary N) is 1. The van der Waals surface area contributed by atoms with Crippen molar-refractivity contribution in [1.82, 2.24) is 9.78 Å². The Balaban J connectivity index is 1.77. The number of nitro benzene ring substituents is 1. The van der Waals surface area contributed by atoms with Crippen LogP contribution in [0.3, 0.4) is 0 Å². The summed E-state index contributed by atoms with van der Waals surface area (Å²) in [5.74, 6) is -0.886. The predicted molar refractivity (Wildman–Crippen MR) is 108 cm³/mol. The topological polar surface area (TPSA) is 90.1 Å². The van der Waals surface area contributed by atoms with E-state index in [-0.39, 0.29) is 11.4 Å². The number of non-ortho nitro benzene ring substituents is 1. The molecule has 0 aliphatic heterocycles. The smallest absolute Gasteiger partial charge is 0.274 e. The van der Waals surface area contributed by atoms with Crippen LogP contribution >= 0.6 is 11.3 Å². The minimum atomic E-state index is -0.508. The molecule has 2 heterocycles. The maximum absolute atomic E-state index is 13.1. The molecule has 7 nitrogen and oxygen atoms in total.